The summed E-state index contributed by atoms with van der Waals surface area (Å²) >= 11 is 0. The van der Waals surface area contributed by atoms with Crippen LogP contribution in [-0.2, 0) is 11.3 Å². The van der Waals surface area contributed by atoms with Gasteiger partial charge < -0.3 is 14.6 Å². The van der Waals surface area contributed by atoms with Gasteiger partial charge in [0, 0.05) is 18.8 Å². The molecule has 1 aromatic heterocycles. The summed E-state index contributed by atoms with van der Waals surface area (Å²) in [7, 11) is 0. The molecule has 1 amide bonds. The Morgan fingerprint density at radius 2 is 2.05 bits per heavy atom. The van der Waals surface area contributed by atoms with E-state index >= 15 is 0 Å². The molecule has 0 aromatic carbocycles. The lowest BCUT2D eigenvalue weighted by Crippen LogP contribution is -2.42. The van der Waals surface area contributed by atoms with E-state index in [0.717, 1.165) is 19.4 Å². The van der Waals surface area contributed by atoms with E-state index < -0.39 is 5.97 Å². The highest BCUT2D eigenvalue weighted by molar-refractivity contribution is 5.93. The molecule has 2 rings (SSSR count). The second kappa shape index (κ2) is 6.78. The maximum absolute atomic E-state index is 12.8. The normalized spacial score (nSPS) is 15.6. The standard InChI is InChI=1S/C16H24N2O3/c1-12(2)10-18(13-6-3-4-7-13)16(21)14-8-5-9-17(14)11-15(19)20/h5,8-9,12-13H,3-4,6-7,10-11H2,1-2H3,(H,19,20). The Morgan fingerprint density at radius 3 is 2.62 bits per heavy atom. The van der Waals surface area contributed by atoms with Crippen molar-refractivity contribution in [1.82, 2.24) is 9.47 Å². The molecule has 0 bridgehead atoms. The number of carboxylic acid groups (broad SMARTS) is 1. The van der Waals surface area contributed by atoms with Crippen molar-refractivity contribution >= 4 is 11.9 Å². The Hall–Kier alpha value is -1.78. The summed E-state index contributed by atoms with van der Waals surface area (Å²) in [6.07, 6.45) is 6.10. The van der Waals surface area contributed by atoms with Crippen LogP contribution in [-0.4, -0.2) is 39.0 Å². The highest BCUT2D eigenvalue weighted by atomic mass is 16.4. The second-order valence-electron chi connectivity index (χ2n) is 6.20. The molecule has 1 saturated carbocycles. The average molecular weight is 292 g/mol. The van der Waals surface area contributed by atoms with Gasteiger partial charge in [0.25, 0.3) is 5.91 Å². The van der Waals surface area contributed by atoms with Gasteiger partial charge in [-0.05, 0) is 30.9 Å². The Labute approximate surface area is 125 Å². The molecule has 5 heteroatoms. The van der Waals surface area contributed by atoms with Gasteiger partial charge >= 0.3 is 5.97 Å². The van der Waals surface area contributed by atoms with Crippen molar-refractivity contribution in [3.8, 4) is 0 Å². The third kappa shape index (κ3) is 3.86. The van der Waals surface area contributed by atoms with Crippen LogP contribution in [0.15, 0.2) is 18.3 Å². The molecule has 1 heterocycles. The van der Waals surface area contributed by atoms with Crippen molar-refractivity contribution < 1.29 is 14.7 Å². The summed E-state index contributed by atoms with van der Waals surface area (Å²) in [5.41, 5.74) is 0.477. The van der Waals surface area contributed by atoms with E-state index in [9.17, 15) is 9.59 Å². The Kier molecular flexibility index (Phi) is 5.04. The Balaban J connectivity index is 2.21. The Bertz CT molecular complexity index is 501. The summed E-state index contributed by atoms with van der Waals surface area (Å²) in [4.78, 5) is 25.7. The van der Waals surface area contributed by atoms with Crippen molar-refractivity contribution in [2.75, 3.05) is 6.54 Å². The maximum atomic E-state index is 12.8. The van der Waals surface area contributed by atoms with Gasteiger partial charge in [0.15, 0.2) is 0 Å². The third-order valence-electron chi connectivity index (χ3n) is 3.94. The van der Waals surface area contributed by atoms with Crippen LogP contribution in [0.1, 0.15) is 50.0 Å². The minimum absolute atomic E-state index is 0.0400. The van der Waals surface area contributed by atoms with Gasteiger partial charge in [-0.1, -0.05) is 26.7 Å². The first-order chi connectivity index (χ1) is 9.99. The molecule has 1 aliphatic rings. The number of hydrogen-bond acceptors (Lipinski definition) is 2. The van der Waals surface area contributed by atoms with Gasteiger partial charge in [0.2, 0.25) is 0 Å². The van der Waals surface area contributed by atoms with Gasteiger partial charge in [-0.3, -0.25) is 9.59 Å². The summed E-state index contributed by atoms with van der Waals surface area (Å²) in [6.45, 7) is 4.76. The third-order valence-corrected chi connectivity index (χ3v) is 3.94. The lowest BCUT2D eigenvalue weighted by molar-refractivity contribution is -0.137. The van der Waals surface area contributed by atoms with Crippen LogP contribution >= 0.6 is 0 Å². The summed E-state index contributed by atoms with van der Waals surface area (Å²) < 4.78 is 1.52. The van der Waals surface area contributed by atoms with Crippen molar-refractivity contribution in [2.45, 2.75) is 52.1 Å². The van der Waals surface area contributed by atoms with E-state index in [-0.39, 0.29) is 12.5 Å². The van der Waals surface area contributed by atoms with E-state index in [1.165, 1.54) is 17.4 Å². The molecular weight excluding hydrogens is 268 g/mol. The average Bonchev–Trinajstić information content (AvgIpc) is 3.05. The number of aliphatic carboxylic acids is 1. The second-order valence-corrected chi connectivity index (χ2v) is 6.20. The first-order valence-electron chi connectivity index (χ1n) is 7.67. The molecule has 21 heavy (non-hydrogen) atoms. The molecule has 116 valence electrons. The smallest absolute Gasteiger partial charge is 0.323 e. The summed E-state index contributed by atoms with van der Waals surface area (Å²) in [5.74, 6) is -0.573. The number of aromatic nitrogens is 1. The lowest BCUT2D eigenvalue weighted by atomic mass is 10.1. The first-order valence-corrected chi connectivity index (χ1v) is 7.67. The minimum Gasteiger partial charge on any atom is -0.480 e. The van der Waals surface area contributed by atoms with Crippen LogP contribution in [0, 0.1) is 5.92 Å². The SMILES string of the molecule is CC(C)CN(C(=O)c1cccn1CC(=O)O)C1CCCC1. The number of nitrogens with zero attached hydrogens (tertiary/aromatic N) is 2. The molecule has 5 nitrogen and oxygen atoms in total. The van der Waals surface area contributed by atoms with Gasteiger partial charge in [-0.2, -0.15) is 0 Å². The molecule has 0 spiro atoms. The van der Waals surface area contributed by atoms with Gasteiger partial charge in [0.05, 0.1) is 0 Å². The maximum Gasteiger partial charge on any atom is 0.323 e. The van der Waals surface area contributed by atoms with Gasteiger partial charge in [-0.25, -0.2) is 0 Å². The zero-order valence-electron chi connectivity index (χ0n) is 12.8. The zero-order chi connectivity index (χ0) is 15.4. The molecule has 0 saturated heterocycles. The number of carbonyl (C=O) groups excluding carboxylic acids is 1. The fourth-order valence-corrected chi connectivity index (χ4v) is 3.05. The Morgan fingerprint density at radius 1 is 1.38 bits per heavy atom. The zero-order valence-corrected chi connectivity index (χ0v) is 12.8. The molecule has 1 aromatic rings. The molecule has 0 unspecified atom stereocenters. The molecule has 1 aliphatic carbocycles. The number of amides is 1. The molecule has 1 N–H and O–H groups in total. The number of carboxylic acids is 1. The molecular formula is C16H24N2O3. The van der Waals surface area contributed by atoms with Crippen molar-refractivity contribution in [3.05, 3.63) is 24.0 Å². The van der Waals surface area contributed by atoms with Crippen molar-refractivity contribution in [3.63, 3.8) is 0 Å². The van der Waals surface area contributed by atoms with E-state index in [1.54, 1.807) is 18.3 Å². The van der Waals surface area contributed by atoms with Crippen LogP contribution in [0.5, 0.6) is 0 Å². The predicted octanol–water partition coefficient (Wildman–Crippen LogP) is 2.61. The minimum atomic E-state index is -0.934. The van der Waals surface area contributed by atoms with Crippen LogP contribution in [0.4, 0.5) is 0 Å². The topological polar surface area (TPSA) is 62.5 Å². The van der Waals surface area contributed by atoms with Crippen molar-refractivity contribution in [2.24, 2.45) is 5.92 Å². The number of carbonyl (C=O) groups is 2. The highest BCUT2D eigenvalue weighted by Gasteiger charge is 2.29. The fraction of sp³-hybridized carbons (Fsp3) is 0.625. The number of rotatable bonds is 6. The van der Waals surface area contributed by atoms with Crippen LogP contribution in [0.25, 0.3) is 0 Å². The first kappa shape index (κ1) is 15.6. The highest BCUT2D eigenvalue weighted by Crippen LogP contribution is 2.26. The lowest BCUT2D eigenvalue weighted by Gasteiger charge is -2.31. The monoisotopic (exact) mass is 292 g/mol. The van der Waals surface area contributed by atoms with Gasteiger partial charge in [0.1, 0.15) is 12.2 Å². The molecule has 0 atom stereocenters. The summed E-state index contributed by atoms with van der Waals surface area (Å²) in [5, 5.41) is 8.94. The van der Waals surface area contributed by atoms with Crippen molar-refractivity contribution in [1.29, 1.82) is 0 Å². The summed E-state index contributed by atoms with van der Waals surface area (Å²) in [6, 6.07) is 3.75. The van der Waals surface area contributed by atoms with Crippen LogP contribution in [0.3, 0.4) is 0 Å². The predicted molar refractivity (Wildman–Crippen MR) is 80.2 cm³/mol. The molecule has 0 aliphatic heterocycles. The fourth-order valence-electron chi connectivity index (χ4n) is 3.05. The largest absolute Gasteiger partial charge is 0.480 e. The number of hydrogen-bond donors (Lipinski definition) is 1. The quantitative estimate of drug-likeness (QED) is 0.876. The molecule has 1 fully saturated rings. The van der Waals surface area contributed by atoms with E-state index in [0.29, 0.717) is 17.7 Å². The van der Waals surface area contributed by atoms with Gasteiger partial charge in [-0.15, -0.1) is 0 Å². The van der Waals surface area contributed by atoms with Crippen LogP contribution < -0.4 is 0 Å². The van der Waals surface area contributed by atoms with E-state index in [1.807, 2.05) is 4.90 Å². The molecule has 0 radical (unpaired) electrons. The van der Waals surface area contributed by atoms with Crippen LogP contribution in [0.2, 0.25) is 0 Å². The van der Waals surface area contributed by atoms with E-state index in [2.05, 4.69) is 13.8 Å². The van der Waals surface area contributed by atoms with E-state index in [4.69, 9.17) is 5.11 Å².